The van der Waals surface area contributed by atoms with Crippen molar-refractivity contribution in [3.05, 3.63) is 89.3 Å². The molecule has 0 atom stereocenters. The van der Waals surface area contributed by atoms with Gasteiger partial charge in [-0.05, 0) is 84.1 Å². The van der Waals surface area contributed by atoms with Crippen molar-refractivity contribution in [1.29, 1.82) is 0 Å². The van der Waals surface area contributed by atoms with Crippen LogP contribution < -0.4 is 0 Å². The second-order valence-electron chi connectivity index (χ2n) is 18.1. The SMILES string of the molecule is CC(C)(C)c1cc(-c2nccc3c2oc2cc4c(cc23)C(C)(C)CCC4(C)C)[c-]c2ccccc12.CCC(C)(CC)C(=O)/C=C(\O)C(C)(CC)CC.[Ir]. The van der Waals surface area contributed by atoms with Crippen molar-refractivity contribution >= 4 is 38.5 Å². The number of aromatic nitrogens is 1. The molecule has 5 heteroatoms. The Kier molecular flexibility index (Phi) is 12.4. The fourth-order valence-corrected chi connectivity index (χ4v) is 7.62. The number of hydrogen-bond acceptors (Lipinski definition) is 4. The van der Waals surface area contributed by atoms with Crippen molar-refractivity contribution in [3.63, 3.8) is 0 Å². The number of nitrogens with zero attached hydrogens (tertiary/aromatic N) is 1. The molecule has 1 aliphatic carbocycles. The molecule has 3 aromatic carbocycles. The molecule has 0 saturated heterocycles. The molecule has 1 N–H and O–H groups in total. The molecule has 287 valence electrons. The number of aliphatic hydroxyl groups is 1. The van der Waals surface area contributed by atoms with Crippen LogP contribution in [0.5, 0.6) is 0 Å². The first-order chi connectivity index (χ1) is 24.2. The molecule has 0 fully saturated rings. The Morgan fingerprint density at radius 3 is 1.94 bits per heavy atom. The number of furan rings is 1. The summed E-state index contributed by atoms with van der Waals surface area (Å²) in [4.78, 5) is 17.0. The van der Waals surface area contributed by atoms with E-state index in [2.05, 4.69) is 103 Å². The van der Waals surface area contributed by atoms with E-state index >= 15 is 0 Å². The number of fused-ring (bicyclic) bond motifs is 5. The van der Waals surface area contributed by atoms with E-state index < -0.39 is 0 Å². The molecule has 4 nitrogen and oxygen atoms in total. The molecule has 2 heterocycles. The van der Waals surface area contributed by atoms with E-state index in [1.807, 2.05) is 47.7 Å². The summed E-state index contributed by atoms with van der Waals surface area (Å²) in [6.07, 6.45) is 9.06. The Balaban J connectivity index is 0.000000299. The molecule has 2 aromatic heterocycles. The molecule has 0 amide bonds. The van der Waals surface area contributed by atoms with Gasteiger partial charge in [-0.15, -0.1) is 29.1 Å². The van der Waals surface area contributed by atoms with Crippen LogP contribution in [0.15, 0.2) is 71.0 Å². The van der Waals surface area contributed by atoms with Gasteiger partial charge in [0.15, 0.2) is 5.78 Å². The number of carbonyl (C=O) groups excluding carboxylic acids is 1. The third-order valence-corrected chi connectivity index (χ3v) is 12.8. The molecule has 0 aliphatic heterocycles. The van der Waals surface area contributed by atoms with Crippen LogP contribution in [0, 0.1) is 16.9 Å². The normalized spacial score (nSPS) is 15.8. The standard InChI is InChI=1S/C33H34NO.C15H28O2.Ir/c1-31(2,3)25-17-21(16-20-10-8-9-11-22(20)25)29-30-23(12-15-34-29)24-18-26-27(19-28(24)35-30)33(6,7)14-13-32(26,4)5;1-7-14(5,8-2)12(16)11-13(17)15(6,9-3)10-4;/h8-12,15,17-19H,13-14H2,1-7H3;11,16H,7-10H2,1-6H3;/q-1;;/b;12-11-;. The van der Waals surface area contributed by atoms with Crippen molar-refractivity contribution < 1.29 is 34.4 Å². The molecule has 0 unspecified atom stereocenters. The third kappa shape index (κ3) is 8.08. The number of pyridine rings is 1. The van der Waals surface area contributed by atoms with E-state index in [1.54, 1.807) is 0 Å². The molecule has 1 aliphatic rings. The second-order valence-corrected chi connectivity index (χ2v) is 18.1. The van der Waals surface area contributed by atoms with Crippen LogP contribution in [0.4, 0.5) is 0 Å². The summed E-state index contributed by atoms with van der Waals surface area (Å²) in [5.74, 6) is 0.286. The first-order valence-electron chi connectivity index (χ1n) is 19.5. The van der Waals surface area contributed by atoms with Gasteiger partial charge in [-0.1, -0.05) is 119 Å². The number of benzene rings is 3. The predicted molar refractivity (Wildman–Crippen MR) is 220 cm³/mol. The smallest absolute Gasteiger partial charge is 0.164 e. The molecular weight excluding hydrogens is 831 g/mol. The number of ketones is 1. The predicted octanol–water partition coefficient (Wildman–Crippen LogP) is 13.9. The Labute approximate surface area is 332 Å². The van der Waals surface area contributed by atoms with E-state index in [4.69, 9.17) is 9.40 Å². The number of rotatable bonds is 8. The van der Waals surface area contributed by atoms with Gasteiger partial charge in [0.1, 0.15) is 16.9 Å². The quantitative estimate of drug-likeness (QED) is 0.0958. The molecule has 6 rings (SSSR count). The Morgan fingerprint density at radius 2 is 1.38 bits per heavy atom. The number of aliphatic hydroxyl groups excluding tert-OH is 1. The fraction of sp³-hybridized carbons (Fsp3) is 0.500. The maximum Gasteiger partial charge on any atom is 0.164 e. The van der Waals surface area contributed by atoms with Crippen molar-refractivity contribution in [2.75, 3.05) is 0 Å². The largest absolute Gasteiger partial charge is 0.512 e. The van der Waals surface area contributed by atoms with E-state index in [9.17, 15) is 9.90 Å². The first kappa shape index (κ1) is 42.5. The summed E-state index contributed by atoms with van der Waals surface area (Å²) < 4.78 is 6.62. The Morgan fingerprint density at radius 1 is 0.811 bits per heavy atom. The molecule has 0 bridgehead atoms. The van der Waals surface area contributed by atoms with Gasteiger partial charge in [-0.2, -0.15) is 0 Å². The molecular formula is C48H62IrNO3-. The topological polar surface area (TPSA) is 63.3 Å². The van der Waals surface area contributed by atoms with Crippen LogP contribution >= 0.6 is 0 Å². The monoisotopic (exact) mass is 893 g/mol. The molecule has 1 radical (unpaired) electrons. The summed E-state index contributed by atoms with van der Waals surface area (Å²) in [6, 6.07) is 21.2. The summed E-state index contributed by atoms with van der Waals surface area (Å²) >= 11 is 0. The molecule has 5 aromatic rings. The van der Waals surface area contributed by atoms with Gasteiger partial charge in [-0.3, -0.25) is 9.78 Å². The number of hydrogen-bond donors (Lipinski definition) is 1. The van der Waals surface area contributed by atoms with Gasteiger partial charge in [0.2, 0.25) is 0 Å². The minimum atomic E-state index is -0.337. The van der Waals surface area contributed by atoms with E-state index in [-0.39, 0.29) is 58.7 Å². The average molecular weight is 893 g/mol. The van der Waals surface area contributed by atoms with Crippen LogP contribution in [0.2, 0.25) is 0 Å². The van der Waals surface area contributed by atoms with E-state index in [1.165, 1.54) is 46.4 Å². The Hall–Kier alpha value is -3.27. The zero-order chi connectivity index (χ0) is 38.4. The molecule has 0 spiro atoms. The minimum Gasteiger partial charge on any atom is -0.512 e. The van der Waals surface area contributed by atoms with Crippen LogP contribution in [0.3, 0.4) is 0 Å². The van der Waals surface area contributed by atoms with Crippen molar-refractivity contribution in [1.82, 2.24) is 4.98 Å². The van der Waals surface area contributed by atoms with Crippen molar-refractivity contribution in [2.45, 2.75) is 145 Å². The fourth-order valence-electron chi connectivity index (χ4n) is 7.62. The molecule has 53 heavy (non-hydrogen) atoms. The zero-order valence-corrected chi connectivity index (χ0v) is 37.0. The first-order valence-corrected chi connectivity index (χ1v) is 19.5. The van der Waals surface area contributed by atoms with Crippen LogP contribution in [0.1, 0.15) is 145 Å². The molecule has 0 saturated carbocycles. The van der Waals surface area contributed by atoms with E-state index in [0.717, 1.165) is 58.9 Å². The van der Waals surface area contributed by atoms with Crippen LogP contribution in [-0.2, 0) is 41.1 Å². The van der Waals surface area contributed by atoms with Crippen molar-refractivity contribution in [2.24, 2.45) is 10.8 Å². The number of carbonyl (C=O) groups is 1. The third-order valence-electron chi connectivity index (χ3n) is 12.8. The maximum atomic E-state index is 12.2. The van der Waals surface area contributed by atoms with Gasteiger partial charge in [-0.25, -0.2) is 0 Å². The van der Waals surface area contributed by atoms with Crippen molar-refractivity contribution in [3.8, 4) is 11.3 Å². The zero-order valence-electron chi connectivity index (χ0n) is 34.6. The van der Waals surface area contributed by atoms with Gasteiger partial charge < -0.3 is 9.52 Å². The summed E-state index contributed by atoms with van der Waals surface area (Å²) in [5.41, 5.74) is 7.54. The van der Waals surface area contributed by atoms with Gasteiger partial charge in [0.05, 0.1) is 0 Å². The minimum absolute atomic E-state index is 0. The summed E-state index contributed by atoms with van der Waals surface area (Å²) in [7, 11) is 0. The second kappa shape index (κ2) is 15.5. The van der Waals surface area contributed by atoms with Gasteiger partial charge in [0.25, 0.3) is 0 Å². The van der Waals surface area contributed by atoms with E-state index in [0.29, 0.717) is 0 Å². The van der Waals surface area contributed by atoms with Crippen LogP contribution in [0.25, 0.3) is 44.0 Å². The Bertz CT molecular complexity index is 2130. The average Bonchev–Trinajstić information content (AvgIpc) is 3.49. The van der Waals surface area contributed by atoms with Gasteiger partial charge >= 0.3 is 0 Å². The summed E-state index contributed by atoms with van der Waals surface area (Å²) in [6.45, 7) is 28.4. The number of allylic oxidation sites excluding steroid dienone is 2. The maximum absolute atomic E-state index is 12.2. The summed E-state index contributed by atoms with van der Waals surface area (Å²) in [5, 5.41) is 14.8. The van der Waals surface area contributed by atoms with Crippen LogP contribution in [-0.4, -0.2) is 15.9 Å². The van der Waals surface area contributed by atoms with Gasteiger partial charge in [0, 0.05) is 59.7 Å².